The first-order chi connectivity index (χ1) is 12.0. The van der Waals surface area contributed by atoms with E-state index in [2.05, 4.69) is 56.4 Å². The quantitative estimate of drug-likeness (QED) is 0.734. The molecule has 0 bridgehead atoms. The van der Waals surface area contributed by atoms with Crippen molar-refractivity contribution in [1.82, 2.24) is 15.2 Å². The van der Waals surface area contributed by atoms with E-state index >= 15 is 0 Å². The summed E-state index contributed by atoms with van der Waals surface area (Å²) >= 11 is 3.68. The number of halogens is 1. The van der Waals surface area contributed by atoms with E-state index in [4.69, 9.17) is 0 Å². The van der Waals surface area contributed by atoms with Crippen molar-refractivity contribution in [1.29, 1.82) is 0 Å². The number of H-pyrrole nitrogens is 1. The summed E-state index contributed by atoms with van der Waals surface area (Å²) in [6, 6.07) is 6.66. The molecule has 1 aliphatic heterocycles. The van der Waals surface area contributed by atoms with Crippen molar-refractivity contribution in [3.8, 4) is 0 Å². The molecule has 1 amide bonds. The number of nitrogens with one attached hydrogen (secondary N) is 2. The maximum Gasteiger partial charge on any atom is 0.224 e. The Labute approximate surface area is 155 Å². The molecule has 5 nitrogen and oxygen atoms in total. The minimum atomic E-state index is -0.197. The van der Waals surface area contributed by atoms with E-state index in [1.807, 2.05) is 6.92 Å². The van der Waals surface area contributed by atoms with Gasteiger partial charge in [-0.25, -0.2) is 0 Å². The third-order valence-electron chi connectivity index (χ3n) is 5.83. The molecule has 2 aromatic rings. The number of piperidine rings is 1. The van der Waals surface area contributed by atoms with E-state index in [9.17, 15) is 9.90 Å². The fraction of sp³-hybridized carbons (Fsp3) is 0.526. The zero-order valence-electron chi connectivity index (χ0n) is 14.6. The average molecular weight is 406 g/mol. The van der Waals surface area contributed by atoms with Gasteiger partial charge in [0.25, 0.3) is 0 Å². The van der Waals surface area contributed by atoms with Crippen molar-refractivity contribution in [2.75, 3.05) is 20.2 Å². The first-order valence-electron chi connectivity index (χ1n) is 8.90. The Bertz CT molecular complexity index is 818. The van der Waals surface area contributed by atoms with Gasteiger partial charge < -0.3 is 20.3 Å². The monoisotopic (exact) mass is 405 g/mol. The van der Waals surface area contributed by atoms with Gasteiger partial charge in [-0.2, -0.15) is 0 Å². The summed E-state index contributed by atoms with van der Waals surface area (Å²) < 4.78 is 1.08. The van der Waals surface area contributed by atoms with Gasteiger partial charge in [-0.05, 0) is 59.9 Å². The molecular formula is C19H24BrN3O2. The molecule has 1 saturated heterocycles. The normalized spacial score (nSPS) is 27.1. The lowest BCUT2D eigenvalue weighted by molar-refractivity contribution is -0.128. The molecule has 4 rings (SSSR count). The van der Waals surface area contributed by atoms with Crippen molar-refractivity contribution in [3.05, 3.63) is 33.9 Å². The molecule has 3 N–H and O–H groups in total. The Balaban J connectivity index is 1.68. The van der Waals surface area contributed by atoms with Crippen molar-refractivity contribution < 1.29 is 9.90 Å². The average Bonchev–Trinajstić information content (AvgIpc) is 2.92. The van der Waals surface area contributed by atoms with Crippen LogP contribution in [0.15, 0.2) is 22.8 Å². The number of hydrogen-bond donors (Lipinski definition) is 3. The van der Waals surface area contributed by atoms with E-state index in [0.29, 0.717) is 12.0 Å². The Morgan fingerprint density at radius 2 is 2.32 bits per heavy atom. The van der Waals surface area contributed by atoms with Crippen LogP contribution in [0.25, 0.3) is 10.9 Å². The number of rotatable bonds is 3. The summed E-state index contributed by atoms with van der Waals surface area (Å²) in [6.45, 7) is 2.57. The minimum absolute atomic E-state index is 0.0274. The van der Waals surface area contributed by atoms with Crippen LogP contribution in [0.1, 0.15) is 30.4 Å². The number of amides is 1. The summed E-state index contributed by atoms with van der Waals surface area (Å²) in [5.74, 6) is 0.373. The van der Waals surface area contributed by atoms with Gasteiger partial charge >= 0.3 is 0 Å². The molecule has 0 spiro atoms. The van der Waals surface area contributed by atoms with E-state index in [0.717, 1.165) is 24.0 Å². The van der Waals surface area contributed by atoms with Gasteiger partial charge in [0.2, 0.25) is 5.91 Å². The number of benzene rings is 1. The number of aliphatic hydroxyl groups is 1. The molecule has 25 heavy (non-hydrogen) atoms. The SMILES string of the molecule is CC(CO)NC(=O)[C@@H]1CC2c3cccc4[nH]c(Br)c(c34)C[C@H]2N(C)C1. The van der Waals surface area contributed by atoms with E-state index in [-0.39, 0.29) is 24.5 Å². The number of fused-ring (bicyclic) bond motifs is 2. The first kappa shape index (κ1) is 17.1. The van der Waals surface area contributed by atoms with Gasteiger partial charge in [0, 0.05) is 35.4 Å². The van der Waals surface area contributed by atoms with Gasteiger partial charge in [-0.15, -0.1) is 0 Å². The molecule has 4 atom stereocenters. The highest BCUT2D eigenvalue weighted by Gasteiger charge is 2.42. The zero-order chi connectivity index (χ0) is 17.7. The Hall–Kier alpha value is -1.37. The molecule has 0 saturated carbocycles. The van der Waals surface area contributed by atoms with Crippen molar-refractivity contribution in [2.24, 2.45) is 5.92 Å². The van der Waals surface area contributed by atoms with Crippen molar-refractivity contribution in [3.63, 3.8) is 0 Å². The zero-order valence-corrected chi connectivity index (χ0v) is 16.1. The van der Waals surface area contributed by atoms with Crippen LogP contribution in [-0.2, 0) is 11.2 Å². The number of carbonyl (C=O) groups is 1. The Morgan fingerprint density at radius 1 is 1.52 bits per heavy atom. The van der Waals surface area contributed by atoms with Gasteiger partial charge in [0.15, 0.2) is 0 Å². The topological polar surface area (TPSA) is 68.4 Å². The van der Waals surface area contributed by atoms with Crippen LogP contribution < -0.4 is 5.32 Å². The molecule has 134 valence electrons. The van der Waals surface area contributed by atoms with E-state index in [1.165, 1.54) is 22.0 Å². The van der Waals surface area contributed by atoms with E-state index < -0.39 is 0 Å². The molecular weight excluding hydrogens is 382 g/mol. The lowest BCUT2D eigenvalue weighted by atomic mass is 9.72. The highest BCUT2D eigenvalue weighted by molar-refractivity contribution is 9.10. The fourth-order valence-electron chi connectivity index (χ4n) is 4.58. The highest BCUT2D eigenvalue weighted by Crippen LogP contribution is 2.46. The number of likely N-dealkylation sites (N-methyl/N-ethyl adjacent to an activating group) is 1. The molecule has 1 fully saturated rings. The molecule has 2 aliphatic rings. The van der Waals surface area contributed by atoms with Gasteiger partial charge in [-0.1, -0.05) is 12.1 Å². The maximum absolute atomic E-state index is 12.6. The lowest BCUT2D eigenvalue weighted by Gasteiger charge is -2.45. The third kappa shape index (κ3) is 2.80. The van der Waals surface area contributed by atoms with E-state index in [1.54, 1.807) is 0 Å². The van der Waals surface area contributed by atoms with Crippen LogP contribution >= 0.6 is 15.9 Å². The number of aromatic nitrogens is 1. The number of nitrogens with zero attached hydrogens (tertiary/aromatic N) is 1. The summed E-state index contributed by atoms with van der Waals surface area (Å²) in [7, 11) is 2.12. The number of hydrogen-bond acceptors (Lipinski definition) is 3. The summed E-state index contributed by atoms with van der Waals surface area (Å²) in [5, 5.41) is 13.5. The van der Waals surface area contributed by atoms with Crippen LogP contribution in [0.4, 0.5) is 0 Å². The third-order valence-corrected chi connectivity index (χ3v) is 6.51. The lowest BCUT2D eigenvalue weighted by Crippen LogP contribution is -2.52. The number of aliphatic hydroxyl groups excluding tert-OH is 1. The van der Waals surface area contributed by atoms with Crippen molar-refractivity contribution >= 4 is 32.7 Å². The van der Waals surface area contributed by atoms with Crippen LogP contribution in [0.5, 0.6) is 0 Å². The number of aromatic amines is 1. The molecule has 1 aliphatic carbocycles. The van der Waals surface area contributed by atoms with Crippen molar-refractivity contribution in [2.45, 2.75) is 37.8 Å². The number of carbonyl (C=O) groups excluding carboxylic acids is 1. The molecule has 1 aromatic heterocycles. The first-order valence-corrected chi connectivity index (χ1v) is 9.69. The predicted molar refractivity (Wildman–Crippen MR) is 102 cm³/mol. The maximum atomic E-state index is 12.6. The van der Waals surface area contributed by atoms with Gasteiger partial charge in [0.1, 0.15) is 0 Å². The fourth-order valence-corrected chi connectivity index (χ4v) is 5.16. The van der Waals surface area contributed by atoms with Crippen LogP contribution in [-0.4, -0.2) is 53.2 Å². The van der Waals surface area contributed by atoms with Gasteiger partial charge in [0.05, 0.1) is 17.1 Å². The second-order valence-electron chi connectivity index (χ2n) is 7.53. The van der Waals surface area contributed by atoms with Gasteiger partial charge in [-0.3, -0.25) is 4.79 Å². The Morgan fingerprint density at radius 3 is 3.08 bits per heavy atom. The molecule has 0 radical (unpaired) electrons. The molecule has 2 unspecified atom stereocenters. The van der Waals surface area contributed by atoms with Crippen LogP contribution in [0, 0.1) is 5.92 Å². The highest BCUT2D eigenvalue weighted by atomic mass is 79.9. The number of likely N-dealkylation sites (tertiary alicyclic amines) is 1. The second kappa shape index (κ2) is 6.41. The molecule has 1 aromatic carbocycles. The Kier molecular flexibility index (Phi) is 4.38. The molecule has 6 heteroatoms. The van der Waals surface area contributed by atoms with Crippen LogP contribution in [0.3, 0.4) is 0 Å². The predicted octanol–water partition coefficient (Wildman–Crippen LogP) is 2.39. The second-order valence-corrected chi connectivity index (χ2v) is 8.32. The summed E-state index contributed by atoms with van der Waals surface area (Å²) in [4.78, 5) is 18.4. The standard InChI is InChI=1S/C19H24BrN3O2/c1-10(9-24)21-19(25)11-6-13-12-4-3-5-15-17(12)14(18(20)22-15)7-16(13)23(2)8-11/h3-5,10-11,13,16,22,24H,6-9H2,1-2H3,(H,21,25)/t10?,11-,13?,16-/m1/s1. The summed E-state index contributed by atoms with van der Waals surface area (Å²) in [5.41, 5.74) is 3.88. The molecule has 2 heterocycles. The minimum Gasteiger partial charge on any atom is -0.394 e. The summed E-state index contributed by atoms with van der Waals surface area (Å²) in [6.07, 6.45) is 1.86. The smallest absolute Gasteiger partial charge is 0.224 e. The largest absolute Gasteiger partial charge is 0.394 e. The van der Waals surface area contributed by atoms with Crippen LogP contribution in [0.2, 0.25) is 0 Å².